The lowest BCUT2D eigenvalue weighted by molar-refractivity contribution is 0.0952. The standard InChI is InChI=1S/C20H29N5O3.2ClH/c1-4-25-17-16(19(27)24-20(25)28)14(10-15(23-17)12(2)3)18(26)22-9-7-13-6-5-8-21-11-13;;/h10,12-13,21H,4-9,11H2,1-3H3,(H,22,26)(H,24,27,28);2*1H. The molecule has 2 aromatic heterocycles. The highest BCUT2D eigenvalue weighted by Gasteiger charge is 2.20. The largest absolute Gasteiger partial charge is 0.352 e. The monoisotopic (exact) mass is 459 g/mol. The van der Waals surface area contributed by atoms with E-state index in [-0.39, 0.29) is 53.2 Å². The molecule has 0 aliphatic carbocycles. The van der Waals surface area contributed by atoms with Gasteiger partial charge in [-0.05, 0) is 57.2 Å². The number of carbonyl (C=O) groups excluding carboxylic acids is 1. The Morgan fingerprint density at radius 1 is 1.33 bits per heavy atom. The summed E-state index contributed by atoms with van der Waals surface area (Å²) in [5.41, 5.74) is 0.142. The number of aromatic nitrogens is 3. The van der Waals surface area contributed by atoms with Crippen LogP contribution in [0.15, 0.2) is 15.7 Å². The Labute approximate surface area is 188 Å². The third-order valence-electron chi connectivity index (χ3n) is 5.36. The molecule has 1 amide bonds. The smallest absolute Gasteiger partial charge is 0.329 e. The van der Waals surface area contributed by atoms with Gasteiger partial charge in [0.25, 0.3) is 11.5 Å². The van der Waals surface area contributed by atoms with E-state index in [0.717, 1.165) is 25.9 Å². The Kier molecular flexibility index (Phi) is 10.0. The third kappa shape index (κ3) is 5.62. The molecule has 1 atom stereocenters. The molecule has 1 unspecified atom stereocenters. The van der Waals surface area contributed by atoms with Gasteiger partial charge in [-0.25, -0.2) is 9.78 Å². The van der Waals surface area contributed by atoms with Crippen LogP contribution in [0.3, 0.4) is 0 Å². The van der Waals surface area contributed by atoms with Gasteiger partial charge in [-0.1, -0.05) is 13.8 Å². The summed E-state index contributed by atoms with van der Waals surface area (Å²) >= 11 is 0. The zero-order chi connectivity index (χ0) is 20.3. The number of amides is 1. The van der Waals surface area contributed by atoms with Crippen molar-refractivity contribution in [2.75, 3.05) is 19.6 Å². The van der Waals surface area contributed by atoms with Crippen LogP contribution in [0.2, 0.25) is 0 Å². The SMILES string of the molecule is CCn1c(=O)[nH]c(=O)c2c(C(=O)NCCC3CCCNC3)cc(C(C)C)nc21.Cl.Cl. The van der Waals surface area contributed by atoms with Gasteiger partial charge in [0, 0.05) is 18.8 Å². The number of halogens is 2. The van der Waals surface area contributed by atoms with E-state index in [9.17, 15) is 14.4 Å². The summed E-state index contributed by atoms with van der Waals surface area (Å²) in [7, 11) is 0. The molecule has 1 aliphatic rings. The van der Waals surface area contributed by atoms with Crippen LogP contribution < -0.4 is 21.9 Å². The van der Waals surface area contributed by atoms with E-state index in [1.807, 2.05) is 13.8 Å². The molecule has 3 N–H and O–H groups in total. The molecule has 30 heavy (non-hydrogen) atoms. The van der Waals surface area contributed by atoms with Crippen molar-refractivity contribution < 1.29 is 4.79 Å². The van der Waals surface area contributed by atoms with E-state index < -0.39 is 11.2 Å². The van der Waals surface area contributed by atoms with Crippen molar-refractivity contribution in [2.45, 2.75) is 52.5 Å². The fraction of sp³-hybridized carbons (Fsp3) is 0.600. The predicted molar refractivity (Wildman–Crippen MR) is 123 cm³/mol. The van der Waals surface area contributed by atoms with Gasteiger partial charge in [0.2, 0.25) is 0 Å². The van der Waals surface area contributed by atoms with Crippen LogP contribution >= 0.6 is 24.8 Å². The third-order valence-corrected chi connectivity index (χ3v) is 5.36. The van der Waals surface area contributed by atoms with Crippen LogP contribution in [0.25, 0.3) is 11.0 Å². The summed E-state index contributed by atoms with van der Waals surface area (Å²) < 4.78 is 1.40. The molecule has 3 heterocycles. The minimum Gasteiger partial charge on any atom is -0.352 e. The van der Waals surface area contributed by atoms with Crippen molar-refractivity contribution in [1.82, 2.24) is 25.2 Å². The van der Waals surface area contributed by atoms with Crippen LogP contribution in [0, 0.1) is 5.92 Å². The first kappa shape index (κ1) is 26.1. The van der Waals surface area contributed by atoms with Crippen molar-refractivity contribution in [2.24, 2.45) is 5.92 Å². The molecular weight excluding hydrogens is 429 g/mol. The van der Waals surface area contributed by atoms with Crippen molar-refractivity contribution in [3.05, 3.63) is 38.2 Å². The molecule has 1 saturated heterocycles. The summed E-state index contributed by atoms with van der Waals surface area (Å²) in [4.78, 5) is 44.4. The van der Waals surface area contributed by atoms with Gasteiger partial charge in [0.15, 0.2) is 5.65 Å². The molecule has 1 aliphatic heterocycles. The fourth-order valence-corrected chi connectivity index (χ4v) is 3.72. The summed E-state index contributed by atoms with van der Waals surface area (Å²) in [5, 5.41) is 6.49. The second-order valence-corrected chi connectivity index (χ2v) is 7.71. The second-order valence-electron chi connectivity index (χ2n) is 7.71. The maximum absolute atomic E-state index is 12.9. The average Bonchev–Trinajstić information content (AvgIpc) is 2.68. The van der Waals surface area contributed by atoms with Gasteiger partial charge in [0.1, 0.15) is 0 Å². The molecule has 0 bridgehead atoms. The number of piperidine rings is 1. The molecule has 0 spiro atoms. The van der Waals surface area contributed by atoms with Crippen LogP contribution in [0.4, 0.5) is 0 Å². The quantitative estimate of drug-likeness (QED) is 0.613. The maximum Gasteiger partial charge on any atom is 0.329 e. The Morgan fingerprint density at radius 2 is 2.07 bits per heavy atom. The molecule has 3 rings (SSSR count). The number of fused-ring (bicyclic) bond motifs is 1. The molecule has 2 aromatic rings. The Balaban J connectivity index is 0.00000225. The van der Waals surface area contributed by atoms with Crippen LogP contribution in [-0.4, -0.2) is 40.1 Å². The van der Waals surface area contributed by atoms with Crippen LogP contribution in [0.5, 0.6) is 0 Å². The number of nitrogens with one attached hydrogen (secondary N) is 3. The summed E-state index contributed by atoms with van der Waals surface area (Å²) in [6, 6.07) is 1.67. The van der Waals surface area contributed by atoms with Crippen LogP contribution in [-0.2, 0) is 6.54 Å². The number of rotatable bonds is 6. The van der Waals surface area contributed by atoms with Crippen molar-refractivity contribution >= 4 is 41.8 Å². The van der Waals surface area contributed by atoms with E-state index >= 15 is 0 Å². The zero-order valence-corrected chi connectivity index (χ0v) is 19.3. The summed E-state index contributed by atoms with van der Waals surface area (Å²) in [6.07, 6.45) is 3.23. The number of aryl methyl sites for hydroxylation is 1. The molecule has 8 nitrogen and oxygen atoms in total. The van der Waals surface area contributed by atoms with Gasteiger partial charge in [0.05, 0.1) is 10.9 Å². The fourth-order valence-electron chi connectivity index (χ4n) is 3.72. The topological polar surface area (TPSA) is 109 Å². The van der Waals surface area contributed by atoms with E-state index in [1.54, 1.807) is 13.0 Å². The number of hydrogen-bond donors (Lipinski definition) is 3. The maximum atomic E-state index is 12.9. The Morgan fingerprint density at radius 3 is 2.67 bits per heavy atom. The molecule has 168 valence electrons. The van der Waals surface area contributed by atoms with E-state index in [2.05, 4.69) is 20.6 Å². The average molecular weight is 460 g/mol. The molecule has 0 radical (unpaired) electrons. The van der Waals surface area contributed by atoms with Crippen molar-refractivity contribution in [3.63, 3.8) is 0 Å². The van der Waals surface area contributed by atoms with Gasteiger partial charge in [-0.2, -0.15) is 0 Å². The highest BCUT2D eigenvalue weighted by atomic mass is 35.5. The summed E-state index contributed by atoms with van der Waals surface area (Å²) in [5.74, 6) is 0.317. The Bertz CT molecular complexity index is 981. The first-order valence-corrected chi connectivity index (χ1v) is 10.1. The molecular formula is C20H31Cl2N5O3. The predicted octanol–water partition coefficient (Wildman–Crippen LogP) is 2.19. The molecule has 10 heteroatoms. The Hall–Kier alpha value is -1.90. The van der Waals surface area contributed by atoms with E-state index in [4.69, 9.17) is 0 Å². The number of pyridine rings is 1. The molecule has 0 aromatic carbocycles. The lowest BCUT2D eigenvalue weighted by atomic mass is 9.96. The van der Waals surface area contributed by atoms with Gasteiger partial charge < -0.3 is 10.6 Å². The number of H-pyrrole nitrogens is 1. The molecule has 1 fully saturated rings. The number of nitrogens with zero attached hydrogens (tertiary/aromatic N) is 2. The number of aromatic amines is 1. The van der Waals surface area contributed by atoms with Gasteiger partial charge in [-0.15, -0.1) is 24.8 Å². The van der Waals surface area contributed by atoms with Gasteiger partial charge in [-0.3, -0.25) is 19.1 Å². The van der Waals surface area contributed by atoms with Gasteiger partial charge >= 0.3 is 5.69 Å². The highest BCUT2D eigenvalue weighted by Crippen LogP contribution is 2.20. The molecule has 0 saturated carbocycles. The normalized spacial score (nSPS) is 16.1. The first-order chi connectivity index (χ1) is 13.4. The van der Waals surface area contributed by atoms with Crippen LogP contribution in [0.1, 0.15) is 62.0 Å². The lowest BCUT2D eigenvalue weighted by Gasteiger charge is -2.22. The zero-order valence-electron chi connectivity index (χ0n) is 17.6. The number of hydrogen-bond acceptors (Lipinski definition) is 5. The minimum absolute atomic E-state index is 0. The minimum atomic E-state index is -0.575. The first-order valence-electron chi connectivity index (χ1n) is 10.1. The van der Waals surface area contributed by atoms with Crippen molar-refractivity contribution in [1.29, 1.82) is 0 Å². The lowest BCUT2D eigenvalue weighted by Crippen LogP contribution is -2.35. The van der Waals surface area contributed by atoms with E-state index in [0.29, 0.717) is 24.7 Å². The van der Waals surface area contributed by atoms with E-state index in [1.165, 1.54) is 11.0 Å². The second kappa shape index (κ2) is 11.5. The number of carbonyl (C=O) groups is 1. The highest BCUT2D eigenvalue weighted by molar-refractivity contribution is 6.05. The van der Waals surface area contributed by atoms with Crippen molar-refractivity contribution in [3.8, 4) is 0 Å². The summed E-state index contributed by atoms with van der Waals surface area (Å²) in [6.45, 7) is 8.69.